The van der Waals surface area contributed by atoms with Crippen molar-refractivity contribution in [3.63, 3.8) is 0 Å². The second-order valence-electron chi connectivity index (χ2n) is 5.44. The maximum atomic E-state index is 12.1. The van der Waals surface area contributed by atoms with Crippen LogP contribution in [0, 0.1) is 6.92 Å². The van der Waals surface area contributed by atoms with Crippen molar-refractivity contribution in [3.05, 3.63) is 75.8 Å². The number of aryl methyl sites for hydroxylation is 1. The number of nitrogens with zero attached hydrogens (tertiary/aromatic N) is 1. The average Bonchev–Trinajstić information content (AvgIpc) is 2.56. The van der Waals surface area contributed by atoms with Crippen molar-refractivity contribution in [1.29, 1.82) is 0 Å². The molecule has 23 heavy (non-hydrogen) atoms. The number of hydrogen-bond acceptors (Lipinski definition) is 3. The van der Waals surface area contributed by atoms with Gasteiger partial charge in [0.15, 0.2) is 0 Å². The van der Waals surface area contributed by atoms with E-state index >= 15 is 0 Å². The van der Waals surface area contributed by atoms with E-state index in [1.54, 1.807) is 24.4 Å². The maximum absolute atomic E-state index is 12.1. The molecule has 0 saturated carbocycles. The second kappa shape index (κ2) is 6.44. The topological polar surface area (TPSA) is 74.8 Å². The molecule has 0 spiro atoms. The standard InChI is InChI=1S/C18H17N3O2/c1-12-5-6-13-11-14(17(22)21-16(13)10-12)7-9-20-18(23)15-4-2-3-8-19-15/h2-6,8,10-11H,7,9H2,1H3,(H,20,23)(H,21,22). The van der Waals surface area contributed by atoms with Gasteiger partial charge in [0.25, 0.3) is 11.5 Å². The van der Waals surface area contributed by atoms with Gasteiger partial charge in [0.1, 0.15) is 5.69 Å². The molecule has 0 aliphatic carbocycles. The van der Waals surface area contributed by atoms with Crippen molar-refractivity contribution < 1.29 is 4.79 Å². The van der Waals surface area contributed by atoms with Gasteiger partial charge in [-0.2, -0.15) is 0 Å². The molecule has 0 aliphatic rings. The van der Waals surface area contributed by atoms with Gasteiger partial charge in [-0.1, -0.05) is 18.2 Å². The fraction of sp³-hybridized carbons (Fsp3) is 0.167. The van der Waals surface area contributed by atoms with Gasteiger partial charge in [-0.15, -0.1) is 0 Å². The lowest BCUT2D eigenvalue weighted by atomic mass is 10.1. The van der Waals surface area contributed by atoms with Crippen LogP contribution in [0.1, 0.15) is 21.6 Å². The predicted molar refractivity (Wildman–Crippen MR) is 89.6 cm³/mol. The number of hydrogen-bond donors (Lipinski definition) is 2. The number of aromatic nitrogens is 2. The summed E-state index contributed by atoms with van der Waals surface area (Å²) < 4.78 is 0. The monoisotopic (exact) mass is 307 g/mol. The molecule has 2 heterocycles. The Morgan fingerprint density at radius 1 is 1.22 bits per heavy atom. The Balaban J connectivity index is 1.70. The first-order chi connectivity index (χ1) is 11.1. The van der Waals surface area contributed by atoms with E-state index in [0.29, 0.717) is 24.2 Å². The molecule has 5 heteroatoms. The lowest BCUT2D eigenvalue weighted by Gasteiger charge is -2.06. The van der Waals surface area contributed by atoms with Crippen LogP contribution in [0.4, 0.5) is 0 Å². The van der Waals surface area contributed by atoms with Crippen LogP contribution in [-0.2, 0) is 6.42 Å². The van der Waals surface area contributed by atoms with E-state index in [1.165, 1.54) is 0 Å². The van der Waals surface area contributed by atoms with E-state index in [9.17, 15) is 9.59 Å². The Morgan fingerprint density at radius 3 is 2.87 bits per heavy atom. The average molecular weight is 307 g/mol. The summed E-state index contributed by atoms with van der Waals surface area (Å²) in [5.74, 6) is -0.238. The van der Waals surface area contributed by atoms with Crippen molar-refractivity contribution in [2.24, 2.45) is 0 Å². The third-order valence-corrected chi connectivity index (χ3v) is 3.66. The van der Waals surface area contributed by atoms with Gasteiger partial charge >= 0.3 is 0 Å². The molecule has 1 aromatic carbocycles. The summed E-state index contributed by atoms with van der Waals surface area (Å²) in [5, 5.41) is 3.76. The zero-order valence-corrected chi connectivity index (χ0v) is 12.8. The molecule has 0 bridgehead atoms. The van der Waals surface area contributed by atoms with Gasteiger partial charge in [-0.25, -0.2) is 0 Å². The number of pyridine rings is 2. The molecule has 116 valence electrons. The van der Waals surface area contributed by atoms with Crippen LogP contribution in [0.5, 0.6) is 0 Å². The molecule has 2 N–H and O–H groups in total. The lowest BCUT2D eigenvalue weighted by Crippen LogP contribution is -2.28. The maximum Gasteiger partial charge on any atom is 0.269 e. The first-order valence-electron chi connectivity index (χ1n) is 7.45. The van der Waals surface area contributed by atoms with Crippen LogP contribution in [0.2, 0.25) is 0 Å². The zero-order chi connectivity index (χ0) is 16.2. The highest BCUT2D eigenvalue weighted by atomic mass is 16.2. The quantitative estimate of drug-likeness (QED) is 0.776. The summed E-state index contributed by atoms with van der Waals surface area (Å²) in [6, 6.07) is 13.0. The predicted octanol–water partition coefficient (Wildman–Crippen LogP) is 2.20. The van der Waals surface area contributed by atoms with E-state index in [2.05, 4.69) is 15.3 Å². The van der Waals surface area contributed by atoms with Crippen molar-refractivity contribution in [3.8, 4) is 0 Å². The largest absolute Gasteiger partial charge is 0.350 e. The molecule has 2 aromatic heterocycles. The number of aromatic amines is 1. The summed E-state index contributed by atoms with van der Waals surface area (Å²) >= 11 is 0. The van der Waals surface area contributed by atoms with Gasteiger partial charge in [-0.05, 0) is 48.6 Å². The summed E-state index contributed by atoms with van der Waals surface area (Å²) in [5.41, 5.74) is 2.84. The SMILES string of the molecule is Cc1ccc2cc(CCNC(=O)c3ccccn3)c(=O)[nH]c2c1. The minimum absolute atomic E-state index is 0.116. The number of benzene rings is 1. The van der Waals surface area contributed by atoms with Crippen molar-refractivity contribution >= 4 is 16.8 Å². The van der Waals surface area contributed by atoms with Gasteiger partial charge in [0.05, 0.1) is 0 Å². The Hall–Kier alpha value is -2.95. The zero-order valence-electron chi connectivity index (χ0n) is 12.8. The van der Waals surface area contributed by atoms with E-state index < -0.39 is 0 Å². The molecular weight excluding hydrogens is 290 g/mol. The normalized spacial score (nSPS) is 10.7. The van der Waals surface area contributed by atoms with Crippen LogP contribution in [0.25, 0.3) is 10.9 Å². The molecule has 1 amide bonds. The third kappa shape index (κ3) is 3.45. The number of nitrogens with one attached hydrogen (secondary N) is 2. The minimum Gasteiger partial charge on any atom is -0.350 e. The summed E-state index contributed by atoms with van der Waals surface area (Å²) in [4.78, 5) is 30.9. The minimum atomic E-state index is -0.238. The molecule has 0 saturated heterocycles. The van der Waals surface area contributed by atoms with Gasteiger partial charge in [-0.3, -0.25) is 14.6 Å². The first-order valence-corrected chi connectivity index (χ1v) is 7.45. The van der Waals surface area contributed by atoms with Crippen LogP contribution in [0.15, 0.2) is 53.5 Å². The number of H-pyrrole nitrogens is 1. The molecular formula is C18H17N3O2. The first kappa shape index (κ1) is 15.0. The van der Waals surface area contributed by atoms with Crippen molar-refractivity contribution in [1.82, 2.24) is 15.3 Å². The summed E-state index contributed by atoms with van der Waals surface area (Å²) in [7, 11) is 0. The van der Waals surface area contributed by atoms with E-state index in [0.717, 1.165) is 16.5 Å². The molecule has 3 rings (SSSR count). The number of carbonyl (C=O) groups excluding carboxylic acids is 1. The molecule has 0 fully saturated rings. The lowest BCUT2D eigenvalue weighted by molar-refractivity contribution is 0.0949. The summed E-state index contributed by atoms with van der Waals surface area (Å²) in [6.45, 7) is 2.37. The van der Waals surface area contributed by atoms with Crippen LogP contribution >= 0.6 is 0 Å². The van der Waals surface area contributed by atoms with Crippen LogP contribution < -0.4 is 10.9 Å². The van der Waals surface area contributed by atoms with Crippen molar-refractivity contribution in [2.45, 2.75) is 13.3 Å². The van der Waals surface area contributed by atoms with Gasteiger partial charge in [0.2, 0.25) is 0 Å². The Bertz CT molecular complexity index is 901. The Kier molecular flexibility index (Phi) is 4.19. The fourth-order valence-electron chi connectivity index (χ4n) is 2.44. The van der Waals surface area contributed by atoms with Gasteiger partial charge in [0, 0.05) is 23.8 Å². The highest BCUT2D eigenvalue weighted by Crippen LogP contribution is 2.13. The van der Waals surface area contributed by atoms with Crippen molar-refractivity contribution in [2.75, 3.05) is 6.54 Å². The number of amides is 1. The number of carbonyl (C=O) groups is 1. The Morgan fingerprint density at radius 2 is 2.09 bits per heavy atom. The highest BCUT2D eigenvalue weighted by molar-refractivity contribution is 5.92. The summed E-state index contributed by atoms with van der Waals surface area (Å²) in [6.07, 6.45) is 2.04. The molecule has 0 aliphatic heterocycles. The third-order valence-electron chi connectivity index (χ3n) is 3.66. The Labute approximate surface area is 133 Å². The smallest absolute Gasteiger partial charge is 0.269 e. The van der Waals surface area contributed by atoms with E-state index in [-0.39, 0.29) is 11.5 Å². The number of fused-ring (bicyclic) bond motifs is 1. The molecule has 3 aromatic rings. The fourth-order valence-corrected chi connectivity index (χ4v) is 2.44. The molecule has 0 radical (unpaired) electrons. The van der Waals surface area contributed by atoms with Crippen LogP contribution in [0.3, 0.4) is 0 Å². The molecule has 0 atom stereocenters. The number of rotatable bonds is 4. The van der Waals surface area contributed by atoms with Gasteiger partial charge < -0.3 is 10.3 Å². The van der Waals surface area contributed by atoms with E-state index in [4.69, 9.17) is 0 Å². The van der Waals surface area contributed by atoms with Crippen LogP contribution in [-0.4, -0.2) is 22.4 Å². The second-order valence-corrected chi connectivity index (χ2v) is 5.44. The molecule has 0 unspecified atom stereocenters. The van der Waals surface area contributed by atoms with E-state index in [1.807, 2.05) is 31.2 Å². The highest BCUT2D eigenvalue weighted by Gasteiger charge is 2.07. The molecule has 5 nitrogen and oxygen atoms in total.